The highest BCUT2D eigenvalue weighted by Gasteiger charge is 2.44. The molecule has 2 aliphatic rings. The minimum Gasteiger partial charge on any atom is -0.546 e. The molecule has 2 fully saturated rings. The van der Waals surface area contributed by atoms with Crippen LogP contribution in [-0.4, -0.2) is 8.32 Å². The molecule has 1 nitrogen and oxygen atoms in total. The van der Waals surface area contributed by atoms with Gasteiger partial charge in [0, 0.05) is 5.92 Å². The summed E-state index contributed by atoms with van der Waals surface area (Å²) < 4.78 is 6.80. The second-order valence-electron chi connectivity index (χ2n) is 6.99. The van der Waals surface area contributed by atoms with Crippen molar-refractivity contribution >= 4 is 8.32 Å². The summed E-state index contributed by atoms with van der Waals surface area (Å²) in [7, 11) is -1.50. The molecule has 2 saturated carbocycles. The third-order valence-corrected chi connectivity index (χ3v) is 10.3. The van der Waals surface area contributed by atoms with E-state index < -0.39 is 8.32 Å². The van der Waals surface area contributed by atoms with E-state index in [0.29, 0.717) is 0 Å². The Labute approximate surface area is 120 Å². The van der Waals surface area contributed by atoms with Gasteiger partial charge < -0.3 is 4.43 Å². The van der Waals surface area contributed by atoms with Crippen molar-refractivity contribution in [2.75, 3.05) is 0 Å². The smallest absolute Gasteiger partial charge is 0.250 e. The van der Waals surface area contributed by atoms with Gasteiger partial charge in [-0.15, -0.1) is 0 Å². The van der Waals surface area contributed by atoms with Crippen LogP contribution in [0.5, 0.6) is 0 Å². The Balaban J connectivity index is 2.16. The lowest BCUT2D eigenvalue weighted by Gasteiger charge is -2.36. The van der Waals surface area contributed by atoms with Crippen LogP contribution in [0.3, 0.4) is 0 Å². The van der Waals surface area contributed by atoms with Crippen LogP contribution in [-0.2, 0) is 4.43 Å². The molecular formula is C17H32OSi. The highest BCUT2D eigenvalue weighted by molar-refractivity contribution is 6.73. The average Bonchev–Trinajstić information content (AvgIpc) is 3.03. The lowest BCUT2D eigenvalue weighted by molar-refractivity contribution is 0.260. The van der Waals surface area contributed by atoms with Gasteiger partial charge in [0.25, 0.3) is 0 Å². The van der Waals surface area contributed by atoms with Gasteiger partial charge in [0.05, 0.1) is 5.76 Å². The molecule has 3 unspecified atom stereocenters. The van der Waals surface area contributed by atoms with Crippen molar-refractivity contribution in [2.24, 2.45) is 17.8 Å². The maximum atomic E-state index is 6.80. The van der Waals surface area contributed by atoms with Gasteiger partial charge in [0.1, 0.15) is 0 Å². The molecule has 0 heterocycles. The Morgan fingerprint density at radius 2 is 1.63 bits per heavy atom. The summed E-state index contributed by atoms with van der Waals surface area (Å²) in [6, 6.07) is 3.78. The molecule has 2 bridgehead atoms. The molecule has 2 aliphatic carbocycles. The van der Waals surface area contributed by atoms with Crippen LogP contribution in [0.1, 0.15) is 60.3 Å². The SMILES string of the molecule is CC[Si](CC)(CC)OC(=C(C)C)C1CC2CCC1C2. The minimum atomic E-state index is -1.50. The van der Waals surface area contributed by atoms with Gasteiger partial charge in [-0.2, -0.15) is 0 Å². The van der Waals surface area contributed by atoms with Crippen molar-refractivity contribution in [1.29, 1.82) is 0 Å². The van der Waals surface area contributed by atoms with Crippen LogP contribution in [0.15, 0.2) is 11.3 Å². The Hall–Kier alpha value is -0.243. The first-order valence-corrected chi connectivity index (χ1v) is 10.9. The normalized spacial score (nSPS) is 29.6. The Morgan fingerprint density at radius 3 is 2.00 bits per heavy atom. The van der Waals surface area contributed by atoms with Crippen molar-refractivity contribution in [3.63, 3.8) is 0 Å². The van der Waals surface area contributed by atoms with Crippen LogP contribution in [0.25, 0.3) is 0 Å². The fraction of sp³-hybridized carbons (Fsp3) is 0.882. The van der Waals surface area contributed by atoms with Crippen molar-refractivity contribution in [2.45, 2.75) is 78.4 Å². The molecule has 0 spiro atoms. The number of allylic oxidation sites excluding steroid dienone is 2. The largest absolute Gasteiger partial charge is 0.546 e. The molecule has 2 rings (SSSR count). The molecule has 0 aromatic rings. The van der Waals surface area contributed by atoms with E-state index in [2.05, 4.69) is 34.6 Å². The quantitative estimate of drug-likeness (QED) is 0.445. The summed E-state index contributed by atoms with van der Waals surface area (Å²) in [5, 5.41) is 0. The summed E-state index contributed by atoms with van der Waals surface area (Å²) in [4.78, 5) is 0. The summed E-state index contributed by atoms with van der Waals surface area (Å²) in [6.07, 6.45) is 5.82. The highest BCUT2D eigenvalue weighted by Crippen LogP contribution is 2.52. The van der Waals surface area contributed by atoms with E-state index in [0.717, 1.165) is 17.8 Å². The predicted octanol–water partition coefficient (Wildman–Crippen LogP) is 5.74. The van der Waals surface area contributed by atoms with Crippen molar-refractivity contribution in [3.8, 4) is 0 Å². The second-order valence-corrected chi connectivity index (χ2v) is 11.7. The minimum absolute atomic E-state index is 0.764. The van der Waals surface area contributed by atoms with Crippen LogP contribution in [0.2, 0.25) is 18.1 Å². The van der Waals surface area contributed by atoms with Crippen LogP contribution < -0.4 is 0 Å². The topological polar surface area (TPSA) is 9.23 Å². The van der Waals surface area contributed by atoms with E-state index in [1.165, 1.54) is 55.1 Å². The van der Waals surface area contributed by atoms with Gasteiger partial charge in [-0.1, -0.05) is 27.2 Å². The van der Waals surface area contributed by atoms with E-state index in [4.69, 9.17) is 4.43 Å². The third kappa shape index (κ3) is 2.94. The van der Waals surface area contributed by atoms with E-state index >= 15 is 0 Å². The molecule has 19 heavy (non-hydrogen) atoms. The second kappa shape index (κ2) is 6.03. The van der Waals surface area contributed by atoms with E-state index in [1.807, 2.05) is 0 Å². The standard InChI is InChI=1S/C17H32OSi/c1-6-19(7-2,8-3)18-17(13(4)5)16-12-14-9-10-15(16)11-14/h14-16H,6-12H2,1-5H3. The zero-order chi connectivity index (χ0) is 14.0. The molecule has 0 N–H and O–H groups in total. The maximum absolute atomic E-state index is 6.80. The first-order valence-electron chi connectivity index (χ1n) is 8.41. The van der Waals surface area contributed by atoms with E-state index in [1.54, 1.807) is 0 Å². The van der Waals surface area contributed by atoms with Crippen LogP contribution in [0.4, 0.5) is 0 Å². The Kier molecular flexibility index (Phi) is 4.81. The van der Waals surface area contributed by atoms with Gasteiger partial charge in [-0.05, 0) is 68.7 Å². The number of rotatable bonds is 6. The zero-order valence-corrected chi connectivity index (χ0v) is 14.6. The summed E-state index contributed by atoms with van der Waals surface area (Å²) >= 11 is 0. The average molecular weight is 281 g/mol. The predicted molar refractivity (Wildman–Crippen MR) is 85.6 cm³/mol. The maximum Gasteiger partial charge on any atom is 0.250 e. The summed E-state index contributed by atoms with van der Waals surface area (Å²) in [6.45, 7) is 11.5. The first-order chi connectivity index (χ1) is 9.05. The van der Waals surface area contributed by atoms with Crippen molar-refractivity contribution in [1.82, 2.24) is 0 Å². The third-order valence-electron chi connectivity index (χ3n) is 5.83. The molecule has 2 heteroatoms. The molecule has 0 amide bonds. The molecule has 0 aromatic carbocycles. The van der Waals surface area contributed by atoms with Gasteiger partial charge in [0.15, 0.2) is 0 Å². The van der Waals surface area contributed by atoms with Crippen LogP contribution >= 0.6 is 0 Å². The lowest BCUT2D eigenvalue weighted by atomic mass is 9.86. The monoisotopic (exact) mass is 280 g/mol. The zero-order valence-electron chi connectivity index (χ0n) is 13.6. The highest BCUT2D eigenvalue weighted by atomic mass is 28.4. The van der Waals surface area contributed by atoms with Gasteiger partial charge in [-0.3, -0.25) is 0 Å². The molecule has 3 atom stereocenters. The first kappa shape index (κ1) is 15.2. The van der Waals surface area contributed by atoms with Gasteiger partial charge >= 0.3 is 0 Å². The molecular weight excluding hydrogens is 248 g/mol. The number of hydrogen-bond acceptors (Lipinski definition) is 1. The molecule has 0 aliphatic heterocycles. The Morgan fingerprint density at radius 1 is 1.00 bits per heavy atom. The number of hydrogen-bond donors (Lipinski definition) is 0. The summed E-state index contributed by atoms with van der Waals surface area (Å²) in [5.41, 5.74) is 1.45. The van der Waals surface area contributed by atoms with Gasteiger partial charge in [-0.25, -0.2) is 0 Å². The molecule has 0 saturated heterocycles. The Bertz CT molecular complexity index is 331. The molecule has 0 radical (unpaired) electrons. The number of fused-ring (bicyclic) bond motifs is 2. The van der Waals surface area contributed by atoms with Crippen molar-refractivity contribution in [3.05, 3.63) is 11.3 Å². The fourth-order valence-corrected chi connectivity index (χ4v) is 7.07. The van der Waals surface area contributed by atoms with Gasteiger partial charge in [0.2, 0.25) is 8.32 Å². The molecule has 0 aromatic heterocycles. The fourth-order valence-electron chi connectivity index (χ4n) is 4.31. The molecule has 110 valence electrons. The summed E-state index contributed by atoms with van der Waals surface area (Å²) in [5.74, 6) is 4.13. The van der Waals surface area contributed by atoms with E-state index in [9.17, 15) is 0 Å². The van der Waals surface area contributed by atoms with E-state index in [-0.39, 0.29) is 0 Å². The van der Waals surface area contributed by atoms with Crippen LogP contribution in [0, 0.1) is 17.8 Å². The van der Waals surface area contributed by atoms with Crippen molar-refractivity contribution < 1.29 is 4.43 Å². The lowest BCUT2D eigenvalue weighted by Crippen LogP contribution is -2.37.